The van der Waals surface area contributed by atoms with Crippen molar-refractivity contribution in [2.24, 2.45) is 0 Å². The van der Waals surface area contributed by atoms with Gasteiger partial charge >= 0.3 is 0 Å². The summed E-state index contributed by atoms with van der Waals surface area (Å²) in [6.07, 6.45) is 3.67. The van der Waals surface area contributed by atoms with Crippen LogP contribution in [0.3, 0.4) is 0 Å². The standard InChI is InChI=1S/C15H17F2NO/c1-18-12(7-8-13-5-3-9-19-13)10-11-4-2-6-14(16)15(11)17/h2-6,9,12,18H,7-8,10H2,1H3. The zero-order valence-electron chi connectivity index (χ0n) is 10.8. The molecular formula is C15H17F2NO. The molecule has 0 aliphatic rings. The van der Waals surface area contributed by atoms with Gasteiger partial charge in [0.2, 0.25) is 0 Å². The normalized spacial score (nSPS) is 12.6. The van der Waals surface area contributed by atoms with Crippen LogP contribution in [-0.2, 0) is 12.8 Å². The molecule has 19 heavy (non-hydrogen) atoms. The first-order valence-electron chi connectivity index (χ1n) is 6.33. The molecule has 1 heterocycles. The van der Waals surface area contributed by atoms with Crippen molar-refractivity contribution in [3.8, 4) is 0 Å². The summed E-state index contributed by atoms with van der Waals surface area (Å²) in [5.74, 6) is -0.640. The number of rotatable bonds is 6. The molecule has 0 fully saturated rings. The Bertz CT molecular complexity index is 511. The second-order valence-corrected chi connectivity index (χ2v) is 4.52. The predicted molar refractivity (Wildman–Crippen MR) is 69.9 cm³/mol. The van der Waals surface area contributed by atoms with E-state index in [1.165, 1.54) is 6.07 Å². The van der Waals surface area contributed by atoms with Gasteiger partial charge in [-0.3, -0.25) is 0 Å². The number of hydrogen-bond donors (Lipinski definition) is 1. The predicted octanol–water partition coefficient (Wildman–Crippen LogP) is 3.32. The number of aryl methyl sites for hydroxylation is 1. The number of benzene rings is 1. The highest BCUT2D eigenvalue weighted by atomic mass is 19.2. The molecular weight excluding hydrogens is 248 g/mol. The van der Waals surface area contributed by atoms with E-state index >= 15 is 0 Å². The highest BCUT2D eigenvalue weighted by Crippen LogP contribution is 2.15. The van der Waals surface area contributed by atoms with Crippen LogP contribution in [0.5, 0.6) is 0 Å². The van der Waals surface area contributed by atoms with E-state index < -0.39 is 11.6 Å². The molecule has 1 aromatic heterocycles. The van der Waals surface area contributed by atoms with E-state index in [1.54, 1.807) is 12.3 Å². The summed E-state index contributed by atoms with van der Waals surface area (Å²) in [4.78, 5) is 0. The Morgan fingerprint density at radius 2 is 2.05 bits per heavy atom. The number of nitrogens with one attached hydrogen (secondary N) is 1. The smallest absolute Gasteiger partial charge is 0.162 e. The van der Waals surface area contributed by atoms with E-state index in [1.807, 2.05) is 19.2 Å². The van der Waals surface area contributed by atoms with E-state index in [9.17, 15) is 8.78 Å². The summed E-state index contributed by atoms with van der Waals surface area (Å²) < 4.78 is 32.0. The summed E-state index contributed by atoms with van der Waals surface area (Å²) >= 11 is 0. The van der Waals surface area contributed by atoms with Crippen molar-refractivity contribution in [1.29, 1.82) is 0 Å². The number of likely N-dealkylation sites (N-methyl/N-ethyl adjacent to an activating group) is 1. The molecule has 2 nitrogen and oxygen atoms in total. The van der Waals surface area contributed by atoms with Crippen LogP contribution >= 0.6 is 0 Å². The molecule has 0 aliphatic carbocycles. The SMILES string of the molecule is CNC(CCc1ccco1)Cc1cccc(F)c1F. The Morgan fingerprint density at radius 3 is 2.74 bits per heavy atom. The zero-order chi connectivity index (χ0) is 13.7. The maximum atomic E-state index is 13.6. The highest BCUT2D eigenvalue weighted by molar-refractivity contribution is 5.20. The van der Waals surface area contributed by atoms with E-state index in [2.05, 4.69) is 5.32 Å². The zero-order valence-corrected chi connectivity index (χ0v) is 10.8. The van der Waals surface area contributed by atoms with Crippen molar-refractivity contribution >= 4 is 0 Å². The number of halogens is 2. The fourth-order valence-electron chi connectivity index (χ4n) is 2.09. The molecule has 1 unspecified atom stereocenters. The van der Waals surface area contributed by atoms with Crippen LogP contribution in [0.4, 0.5) is 8.78 Å². The van der Waals surface area contributed by atoms with Crippen molar-refractivity contribution in [2.45, 2.75) is 25.3 Å². The second-order valence-electron chi connectivity index (χ2n) is 4.52. The van der Waals surface area contributed by atoms with Crippen LogP contribution in [0.25, 0.3) is 0 Å². The van der Waals surface area contributed by atoms with Crippen molar-refractivity contribution in [1.82, 2.24) is 5.32 Å². The lowest BCUT2D eigenvalue weighted by molar-refractivity contribution is 0.448. The Morgan fingerprint density at radius 1 is 1.21 bits per heavy atom. The minimum absolute atomic E-state index is 0.0846. The fraction of sp³-hybridized carbons (Fsp3) is 0.333. The lowest BCUT2D eigenvalue weighted by Crippen LogP contribution is -2.28. The lowest BCUT2D eigenvalue weighted by Gasteiger charge is -2.16. The molecule has 0 spiro atoms. The third kappa shape index (κ3) is 3.64. The van der Waals surface area contributed by atoms with Crippen molar-refractivity contribution in [3.05, 3.63) is 59.6 Å². The quantitative estimate of drug-likeness (QED) is 0.866. The third-order valence-electron chi connectivity index (χ3n) is 3.23. The maximum absolute atomic E-state index is 13.6. The Kier molecular flexibility index (Phi) is 4.68. The first-order valence-corrected chi connectivity index (χ1v) is 6.33. The summed E-state index contributed by atoms with van der Waals surface area (Å²) in [5, 5.41) is 3.13. The Hall–Kier alpha value is -1.68. The molecule has 0 saturated heterocycles. The Labute approximate surface area is 111 Å². The largest absolute Gasteiger partial charge is 0.469 e. The Balaban J connectivity index is 1.96. The molecule has 2 aromatic rings. The first-order chi connectivity index (χ1) is 9.20. The third-order valence-corrected chi connectivity index (χ3v) is 3.23. The lowest BCUT2D eigenvalue weighted by atomic mass is 10.0. The van der Waals surface area contributed by atoms with Crippen molar-refractivity contribution in [2.75, 3.05) is 7.05 Å². The minimum Gasteiger partial charge on any atom is -0.469 e. The van der Waals surface area contributed by atoms with Gasteiger partial charge < -0.3 is 9.73 Å². The second kappa shape index (κ2) is 6.48. The van der Waals surface area contributed by atoms with Gasteiger partial charge in [0.25, 0.3) is 0 Å². The van der Waals surface area contributed by atoms with Crippen LogP contribution in [-0.4, -0.2) is 13.1 Å². The topological polar surface area (TPSA) is 25.2 Å². The van der Waals surface area contributed by atoms with Crippen molar-refractivity contribution in [3.63, 3.8) is 0 Å². The molecule has 2 rings (SSSR count). The van der Waals surface area contributed by atoms with Gasteiger partial charge in [0, 0.05) is 12.5 Å². The van der Waals surface area contributed by atoms with Crippen molar-refractivity contribution < 1.29 is 13.2 Å². The molecule has 0 radical (unpaired) electrons. The van der Waals surface area contributed by atoms with Crippen LogP contribution < -0.4 is 5.32 Å². The molecule has 0 bridgehead atoms. The van der Waals surface area contributed by atoms with Gasteiger partial charge in [0.1, 0.15) is 5.76 Å². The van der Waals surface area contributed by atoms with Crippen LogP contribution in [0.2, 0.25) is 0 Å². The van der Waals surface area contributed by atoms with Crippen LogP contribution in [0.15, 0.2) is 41.0 Å². The molecule has 1 N–H and O–H groups in total. The summed E-state index contributed by atoms with van der Waals surface area (Å²) in [6.45, 7) is 0. The van der Waals surface area contributed by atoms with Gasteiger partial charge in [0.15, 0.2) is 11.6 Å². The van der Waals surface area contributed by atoms with Gasteiger partial charge in [-0.2, -0.15) is 0 Å². The van der Waals surface area contributed by atoms with E-state index in [-0.39, 0.29) is 6.04 Å². The number of furan rings is 1. The highest BCUT2D eigenvalue weighted by Gasteiger charge is 2.13. The maximum Gasteiger partial charge on any atom is 0.162 e. The van der Waals surface area contributed by atoms with E-state index in [0.717, 1.165) is 24.7 Å². The van der Waals surface area contributed by atoms with Gasteiger partial charge in [-0.05, 0) is 43.7 Å². The van der Waals surface area contributed by atoms with Gasteiger partial charge in [-0.15, -0.1) is 0 Å². The van der Waals surface area contributed by atoms with Crippen LogP contribution in [0, 0.1) is 11.6 Å². The summed E-state index contributed by atoms with van der Waals surface area (Å²) in [7, 11) is 1.82. The van der Waals surface area contributed by atoms with E-state index in [0.29, 0.717) is 12.0 Å². The molecule has 1 atom stereocenters. The van der Waals surface area contributed by atoms with Gasteiger partial charge in [0.05, 0.1) is 6.26 Å². The molecule has 0 aliphatic heterocycles. The molecule has 1 aromatic carbocycles. The van der Waals surface area contributed by atoms with Gasteiger partial charge in [-0.1, -0.05) is 12.1 Å². The summed E-state index contributed by atoms with van der Waals surface area (Å²) in [6, 6.07) is 8.13. The van der Waals surface area contributed by atoms with Gasteiger partial charge in [-0.25, -0.2) is 8.78 Å². The molecule has 102 valence electrons. The fourth-order valence-corrected chi connectivity index (χ4v) is 2.09. The minimum atomic E-state index is -0.793. The number of hydrogen-bond acceptors (Lipinski definition) is 2. The van der Waals surface area contributed by atoms with E-state index in [4.69, 9.17) is 4.42 Å². The first kappa shape index (κ1) is 13.7. The molecule has 4 heteroatoms. The van der Waals surface area contributed by atoms with Crippen LogP contribution in [0.1, 0.15) is 17.7 Å². The molecule has 0 saturated carbocycles. The summed E-state index contributed by atoms with van der Waals surface area (Å²) in [5.41, 5.74) is 0.402. The average molecular weight is 265 g/mol. The monoisotopic (exact) mass is 265 g/mol. The molecule has 0 amide bonds. The average Bonchev–Trinajstić information content (AvgIpc) is 2.92.